The Morgan fingerprint density at radius 3 is 2.50 bits per heavy atom. The van der Waals surface area contributed by atoms with Crippen molar-refractivity contribution < 1.29 is 4.74 Å². The molecule has 1 aliphatic rings. The molecule has 0 bridgehead atoms. The zero-order valence-electron chi connectivity index (χ0n) is 11.2. The highest BCUT2D eigenvalue weighted by Crippen LogP contribution is 2.32. The molecule has 0 unspecified atom stereocenters. The predicted octanol–water partition coefficient (Wildman–Crippen LogP) is 4.43. The van der Waals surface area contributed by atoms with Gasteiger partial charge in [0, 0.05) is 6.04 Å². The normalized spacial score (nSPS) is 25.8. The van der Waals surface area contributed by atoms with E-state index in [0.29, 0.717) is 6.10 Å². The molecule has 0 heterocycles. The van der Waals surface area contributed by atoms with Crippen LogP contribution in [0.4, 0.5) is 0 Å². The van der Waals surface area contributed by atoms with Crippen LogP contribution in [-0.2, 0) is 0 Å². The van der Waals surface area contributed by atoms with Gasteiger partial charge in [-0.05, 0) is 72.2 Å². The smallest absolute Gasteiger partial charge is 0.133 e. The van der Waals surface area contributed by atoms with Gasteiger partial charge in [-0.3, -0.25) is 0 Å². The number of ether oxygens (including phenoxy) is 1. The molecule has 3 heteroatoms. The molecule has 2 nitrogen and oxygen atoms in total. The van der Waals surface area contributed by atoms with Crippen molar-refractivity contribution in [3.63, 3.8) is 0 Å². The summed E-state index contributed by atoms with van der Waals surface area (Å²) in [6, 6.07) is 6.20. The van der Waals surface area contributed by atoms with Crippen LogP contribution >= 0.6 is 15.9 Å². The first-order chi connectivity index (χ1) is 8.56. The highest BCUT2D eigenvalue weighted by atomic mass is 79.9. The lowest BCUT2D eigenvalue weighted by Crippen LogP contribution is -2.23. The SMILES string of the molecule is CC1CCC(Oc2ccc([C@H](C)N)cc2Br)CC1. The molecule has 1 aromatic rings. The summed E-state index contributed by atoms with van der Waals surface area (Å²) >= 11 is 3.57. The third kappa shape index (κ3) is 3.48. The Bertz CT molecular complexity index is 397. The summed E-state index contributed by atoms with van der Waals surface area (Å²) in [6.07, 6.45) is 5.27. The van der Waals surface area contributed by atoms with Crippen molar-refractivity contribution in [2.75, 3.05) is 0 Å². The Morgan fingerprint density at radius 2 is 1.94 bits per heavy atom. The Kier molecular flexibility index (Phi) is 4.68. The zero-order valence-corrected chi connectivity index (χ0v) is 12.7. The topological polar surface area (TPSA) is 35.2 Å². The molecule has 0 saturated heterocycles. The van der Waals surface area contributed by atoms with Gasteiger partial charge in [0.1, 0.15) is 5.75 Å². The second-order valence-electron chi connectivity index (χ2n) is 5.48. The summed E-state index contributed by atoms with van der Waals surface area (Å²) in [7, 11) is 0. The Labute approximate surface area is 118 Å². The van der Waals surface area contributed by atoms with E-state index in [0.717, 1.165) is 21.7 Å². The van der Waals surface area contributed by atoms with Gasteiger partial charge in [-0.15, -0.1) is 0 Å². The van der Waals surface area contributed by atoms with Crippen LogP contribution in [0.2, 0.25) is 0 Å². The first-order valence-electron chi connectivity index (χ1n) is 6.78. The molecule has 0 aliphatic heterocycles. The lowest BCUT2D eigenvalue weighted by atomic mass is 9.89. The Balaban J connectivity index is 2.01. The van der Waals surface area contributed by atoms with Gasteiger partial charge in [0.05, 0.1) is 10.6 Å². The van der Waals surface area contributed by atoms with E-state index in [9.17, 15) is 0 Å². The lowest BCUT2D eigenvalue weighted by Gasteiger charge is -2.27. The highest BCUT2D eigenvalue weighted by molar-refractivity contribution is 9.10. The minimum Gasteiger partial charge on any atom is -0.489 e. The van der Waals surface area contributed by atoms with E-state index >= 15 is 0 Å². The van der Waals surface area contributed by atoms with Crippen LogP contribution < -0.4 is 10.5 Å². The van der Waals surface area contributed by atoms with Crippen LogP contribution in [0.3, 0.4) is 0 Å². The first kappa shape index (κ1) is 13.9. The molecule has 1 fully saturated rings. The molecule has 0 aromatic heterocycles. The van der Waals surface area contributed by atoms with Gasteiger partial charge in [-0.1, -0.05) is 13.0 Å². The quantitative estimate of drug-likeness (QED) is 0.896. The zero-order chi connectivity index (χ0) is 13.1. The van der Waals surface area contributed by atoms with E-state index in [1.807, 2.05) is 13.0 Å². The largest absolute Gasteiger partial charge is 0.489 e. The van der Waals surface area contributed by atoms with Crippen LogP contribution in [0, 0.1) is 5.92 Å². The van der Waals surface area contributed by atoms with Crippen molar-refractivity contribution in [1.29, 1.82) is 0 Å². The van der Waals surface area contributed by atoms with Gasteiger partial charge in [-0.25, -0.2) is 0 Å². The van der Waals surface area contributed by atoms with Crippen molar-refractivity contribution in [3.05, 3.63) is 28.2 Å². The van der Waals surface area contributed by atoms with E-state index in [1.165, 1.54) is 25.7 Å². The van der Waals surface area contributed by atoms with E-state index in [-0.39, 0.29) is 6.04 Å². The van der Waals surface area contributed by atoms with E-state index < -0.39 is 0 Å². The molecule has 1 aliphatic carbocycles. The summed E-state index contributed by atoms with van der Waals surface area (Å²) in [4.78, 5) is 0. The molecule has 2 N–H and O–H groups in total. The van der Waals surface area contributed by atoms with Crippen molar-refractivity contribution in [2.45, 2.75) is 51.7 Å². The Morgan fingerprint density at radius 1 is 1.28 bits per heavy atom. The van der Waals surface area contributed by atoms with Gasteiger partial charge in [0.25, 0.3) is 0 Å². The van der Waals surface area contributed by atoms with Gasteiger partial charge in [-0.2, -0.15) is 0 Å². The summed E-state index contributed by atoms with van der Waals surface area (Å²) in [6.45, 7) is 4.31. The van der Waals surface area contributed by atoms with Crippen LogP contribution in [0.15, 0.2) is 22.7 Å². The van der Waals surface area contributed by atoms with Crippen LogP contribution in [0.25, 0.3) is 0 Å². The number of nitrogens with two attached hydrogens (primary N) is 1. The molecule has 0 amide bonds. The maximum Gasteiger partial charge on any atom is 0.133 e. The monoisotopic (exact) mass is 311 g/mol. The second kappa shape index (κ2) is 6.07. The third-order valence-corrected chi connectivity index (χ3v) is 4.36. The van der Waals surface area contributed by atoms with E-state index in [4.69, 9.17) is 10.5 Å². The minimum atomic E-state index is 0.0610. The predicted molar refractivity (Wildman–Crippen MR) is 78.8 cm³/mol. The molecule has 1 saturated carbocycles. The molecule has 0 spiro atoms. The summed E-state index contributed by atoms with van der Waals surface area (Å²) < 4.78 is 7.09. The average molecular weight is 312 g/mol. The van der Waals surface area contributed by atoms with Gasteiger partial charge in [0.15, 0.2) is 0 Å². The van der Waals surface area contributed by atoms with Crippen molar-refractivity contribution in [1.82, 2.24) is 0 Å². The minimum absolute atomic E-state index is 0.0610. The fraction of sp³-hybridized carbons (Fsp3) is 0.600. The number of benzene rings is 1. The summed E-state index contributed by atoms with van der Waals surface area (Å²) in [5.41, 5.74) is 7.00. The maximum atomic E-state index is 6.08. The first-order valence-corrected chi connectivity index (χ1v) is 7.57. The van der Waals surface area contributed by atoms with Gasteiger partial charge in [0.2, 0.25) is 0 Å². The fourth-order valence-electron chi connectivity index (χ4n) is 2.42. The second-order valence-corrected chi connectivity index (χ2v) is 6.33. The number of hydrogen-bond donors (Lipinski definition) is 1. The van der Waals surface area contributed by atoms with Crippen molar-refractivity contribution >= 4 is 15.9 Å². The van der Waals surface area contributed by atoms with E-state index in [2.05, 4.69) is 35.0 Å². The van der Waals surface area contributed by atoms with Crippen molar-refractivity contribution in [2.24, 2.45) is 11.7 Å². The van der Waals surface area contributed by atoms with Gasteiger partial charge < -0.3 is 10.5 Å². The molecule has 1 aromatic carbocycles. The fourth-order valence-corrected chi connectivity index (χ4v) is 2.91. The molecule has 18 heavy (non-hydrogen) atoms. The molecular formula is C15H22BrNO. The standard InChI is InChI=1S/C15H22BrNO/c1-10-3-6-13(7-4-10)18-15-8-5-12(11(2)17)9-14(15)16/h5,8-11,13H,3-4,6-7,17H2,1-2H3/t10?,11-,13?/m0/s1. The van der Waals surface area contributed by atoms with Gasteiger partial charge >= 0.3 is 0 Å². The highest BCUT2D eigenvalue weighted by Gasteiger charge is 2.20. The molecule has 0 radical (unpaired) electrons. The summed E-state index contributed by atoms with van der Waals surface area (Å²) in [5.74, 6) is 1.80. The van der Waals surface area contributed by atoms with Crippen LogP contribution in [0.1, 0.15) is 51.1 Å². The Hall–Kier alpha value is -0.540. The van der Waals surface area contributed by atoms with Crippen molar-refractivity contribution in [3.8, 4) is 5.75 Å². The maximum absolute atomic E-state index is 6.08. The molecular weight excluding hydrogens is 290 g/mol. The molecule has 100 valence electrons. The number of halogens is 1. The molecule has 1 atom stereocenters. The lowest BCUT2D eigenvalue weighted by molar-refractivity contribution is 0.134. The summed E-state index contributed by atoms with van der Waals surface area (Å²) in [5, 5.41) is 0. The van der Waals surface area contributed by atoms with Crippen LogP contribution in [-0.4, -0.2) is 6.10 Å². The third-order valence-electron chi connectivity index (χ3n) is 3.74. The van der Waals surface area contributed by atoms with Crippen LogP contribution in [0.5, 0.6) is 5.75 Å². The number of rotatable bonds is 3. The van der Waals surface area contributed by atoms with E-state index in [1.54, 1.807) is 0 Å². The number of hydrogen-bond acceptors (Lipinski definition) is 2. The molecule has 2 rings (SSSR count). The average Bonchev–Trinajstić information content (AvgIpc) is 2.34.